The molecule has 2 N–H and O–H groups in total. The maximum atomic E-state index is 13.3. The van der Waals surface area contributed by atoms with E-state index in [2.05, 4.69) is 14.2 Å². The lowest BCUT2D eigenvalue weighted by Gasteiger charge is -2.47. The van der Waals surface area contributed by atoms with Crippen LogP contribution in [0.15, 0.2) is 0 Å². The van der Waals surface area contributed by atoms with Crippen LogP contribution < -0.4 is 0 Å². The fraction of sp³-hybridized carbons (Fsp3) is 0.822. The third-order valence-electron chi connectivity index (χ3n) is 24.7. The predicted octanol–water partition coefficient (Wildman–Crippen LogP) is 21.3. The number of aliphatic hydroxyl groups is 2. The molecule has 0 aromatic heterocycles. The van der Waals surface area contributed by atoms with Gasteiger partial charge in [-0.15, -0.1) is 0 Å². The van der Waals surface area contributed by atoms with Crippen molar-refractivity contribution in [2.45, 2.75) is 412 Å². The van der Waals surface area contributed by atoms with E-state index in [0.29, 0.717) is 71.0 Å². The van der Waals surface area contributed by atoms with Gasteiger partial charge in [-0.25, -0.2) is 36.3 Å². The molecule has 0 amide bonds. The van der Waals surface area contributed by atoms with E-state index in [0.717, 1.165) is 20.8 Å². The van der Waals surface area contributed by atoms with Gasteiger partial charge in [0.25, 0.3) is 5.60 Å². The van der Waals surface area contributed by atoms with E-state index >= 15 is 0 Å². The summed E-state index contributed by atoms with van der Waals surface area (Å²) < 4.78 is 357. The van der Waals surface area contributed by atoms with Gasteiger partial charge in [0.2, 0.25) is 24.1 Å². The Balaban J connectivity index is 0.00000159. The van der Waals surface area contributed by atoms with Crippen LogP contribution in [-0.2, 0) is 110 Å². The largest absolute Gasteiger partial charge is 0.463 e. The van der Waals surface area contributed by atoms with Crippen molar-refractivity contribution in [3.05, 3.63) is 34.6 Å². The van der Waals surface area contributed by atoms with E-state index in [1.54, 1.807) is 132 Å². The lowest BCUT2D eigenvalue weighted by atomic mass is 9.66. The van der Waals surface area contributed by atoms with Gasteiger partial charge in [-0.1, -0.05) is 62.3 Å². The molecular formula is C90H133F23O25. The maximum Gasteiger partial charge on any atom is 0.426 e. The Kier molecular flexibility index (Phi) is 47.0. The molecule has 15 atom stereocenters. The van der Waals surface area contributed by atoms with Gasteiger partial charge in [0.15, 0.2) is 71.5 Å². The third kappa shape index (κ3) is 35.9. The number of alkyl halides is 18. The van der Waals surface area contributed by atoms with Crippen molar-refractivity contribution in [2.24, 2.45) is 49.7 Å². The van der Waals surface area contributed by atoms with E-state index in [1.807, 2.05) is 20.8 Å². The Labute approximate surface area is 787 Å². The van der Waals surface area contributed by atoms with Crippen LogP contribution in [0.25, 0.3) is 0 Å². The smallest absolute Gasteiger partial charge is 0.426 e. The monoisotopic (exact) mass is 2050 g/mol. The number of hydrogen-bond donors (Lipinski definition) is 2. The molecule has 5 aliphatic heterocycles. The Hall–Kier alpha value is -7.89. The Morgan fingerprint density at radius 1 is 0.377 bits per heavy atom. The van der Waals surface area contributed by atoms with Gasteiger partial charge in [0, 0.05) is 30.2 Å². The second kappa shape index (κ2) is 49.9. The van der Waals surface area contributed by atoms with Crippen molar-refractivity contribution in [3.8, 4) is 0 Å². The van der Waals surface area contributed by atoms with Crippen LogP contribution in [0.1, 0.15) is 296 Å². The first-order chi connectivity index (χ1) is 61.8. The minimum atomic E-state index is -6.28. The third-order valence-corrected chi connectivity index (χ3v) is 24.7. The van der Waals surface area contributed by atoms with Crippen LogP contribution >= 0.6 is 0 Å². The summed E-state index contributed by atoms with van der Waals surface area (Å²) in [7, 11) is 0. The van der Waals surface area contributed by atoms with E-state index < -0.39 is 279 Å². The molecule has 15 unspecified atom stereocenters. The zero-order valence-corrected chi connectivity index (χ0v) is 82.7. The molecule has 1 aromatic rings. The molecule has 5 heterocycles. The van der Waals surface area contributed by atoms with Crippen LogP contribution in [0.3, 0.4) is 0 Å². The lowest BCUT2D eigenvalue weighted by molar-refractivity contribution is -0.391. The SMILES string of the molecule is CCC(C)(C)C(=O)OC(C)C(F)(F)F.CCC(C)(C)C(=O)OC(C)C(F)(F)F.CCC(C)(C)C(=O)OC(C)C(F)(F)F.CCC(C)(C)C(=O)OC1C(=O)OC2C3OC(C)(C)OC3OC12.CCC(C)(C)C(=O)OC1CC(C(C)(O)C(F)(F)F)CC(C(O)(C(F)(F)F)C(F)(F)F)C1.CCC(C)(C)C(=O)OC1CCOC1=O.CCC(C)(C)C(=O)OC1CCOC1=O.CCC(C)c1c(F)c(F)c(F)c(F)c1F. The first-order valence-corrected chi connectivity index (χ1v) is 44.2. The first kappa shape index (κ1) is 130. The van der Waals surface area contributed by atoms with Gasteiger partial charge in [0.05, 0.1) is 51.1 Å². The number of carbonyl (C=O) groups is 10. The molecule has 6 aliphatic rings. The highest BCUT2D eigenvalue weighted by Crippen LogP contribution is 2.56. The Morgan fingerprint density at radius 2 is 0.667 bits per heavy atom. The molecule has 0 spiro atoms. The topological polar surface area (TPSA) is 331 Å². The molecule has 48 heteroatoms. The van der Waals surface area contributed by atoms with Crippen molar-refractivity contribution in [1.29, 1.82) is 0 Å². The number of rotatable bonds is 25. The van der Waals surface area contributed by atoms with Crippen LogP contribution in [0.2, 0.25) is 0 Å². The average molecular weight is 2050 g/mol. The second-order valence-corrected chi connectivity index (χ2v) is 38.8. The molecular weight excluding hydrogens is 1920 g/mol. The van der Waals surface area contributed by atoms with Crippen molar-refractivity contribution in [3.63, 3.8) is 0 Å². The Bertz CT molecular complexity index is 3980. The van der Waals surface area contributed by atoms with E-state index in [4.69, 9.17) is 47.4 Å². The fourth-order valence-electron chi connectivity index (χ4n) is 11.1. The minimum Gasteiger partial charge on any atom is -0.463 e. The summed E-state index contributed by atoms with van der Waals surface area (Å²) in [4.78, 5) is 115. The number of hydrogen-bond acceptors (Lipinski definition) is 25. The highest BCUT2D eigenvalue weighted by molar-refractivity contribution is 5.85. The summed E-state index contributed by atoms with van der Waals surface area (Å²) in [5, 5.41) is 19.6. The van der Waals surface area contributed by atoms with E-state index in [1.165, 1.54) is 20.8 Å². The summed E-state index contributed by atoms with van der Waals surface area (Å²) in [6.45, 7) is 45.2. The quantitative estimate of drug-likeness (QED) is 0.0302. The van der Waals surface area contributed by atoms with Crippen LogP contribution in [0.5, 0.6) is 0 Å². The minimum absolute atomic E-state index is 0.167. The summed E-state index contributed by atoms with van der Waals surface area (Å²) in [5.74, 6) is -21.9. The summed E-state index contributed by atoms with van der Waals surface area (Å²) in [5.41, 5.74) is -15.3. The molecule has 7 rings (SSSR count). The molecule has 1 aliphatic carbocycles. The van der Waals surface area contributed by atoms with E-state index in [-0.39, 0.29) is 25.3 Å². The second-order valence-electron chi connectivity index (χ2n) is 38.8. The van der Waals surface area contributed by atoms with Crippen molar-refractivity contribution in [1.82, 2.24) is 0 Å². The lowest BCUT2D eigenvalue weighted by Crippen LogP contribution is -2.64. The summed E-state index contributed by atoms with van der Waals surface area (Å²) in [6, 6.07) is 0. The molecule has 5 saturated heterocycles. The van der Waals surface area contributed by atoms with Crippen molar-refractivity contribution in [2.75, 3.05) is 13.2 Å². The molecule has 0 radical (unpaired) electrons. The normalized spacial score (nSPS) is 22.6. The number of carbonyl (C=O) groups excluding carboxylic acids is 10. The van der Waals surface area contributed by atoms with Crippen LogP contribution in [0, 0.1) is 78.8 Å². The molecule has 0 bridgehead atoms. The molecule has 6 fully saturated rings. The van der Waals surface area contributed by atoms with Crippen molar-refractivity contribution >= 4 is 59.7 Å². The molecule has 1 saturated carbocycles. The van der Waals surface area contributed by atoms with Gasteiger partial charge in [-0.2, -0.15) is 79.0 Å². The number of esters is 10. The molecule has 804 valence electrons. The summed E-state index contributed by atoms with van der Waals surface area (Å²) >= 11 is 0. The van der Waals surface area contributed by atoms with Gasteiger partial charge in [-0.3, -0.25) is 33.6 Å². The zero-order chi connectivity index (χ0) is 109. The van der Waals surface area contributed by atoms with Gasteiger partial charge >= 0.3 is 96.8 Å². The summed E-state index contributed by atoms with van der Waals surface area (Å²) in [6.07, 6.45) is -42.9. The number of benzene rings is 1. The highest BCUT2D eigenvalue weighted by Gasteiger charge is 2.75. The number of cyclic esters (lactones) is 2. The number of fused-ring (bicyclic) bond motifs is 3. The standard InChI is InChI=1S/C18H25F9O4.C15H22O7.C10H9F5.2C10H16O4.3C9H15F3O2/c1-5-13(2,3)12(28)31-11-7-9(14(4,29)16(19,20)21)6-10(8-11)15(30,17(22,23)24)18(25,26)27;1-6-14(2,3)13(17)20-9-7-8(18-11(9)16)10-12(19-7)22-15(4,5)21-10;1-3-4(2)5-6(11)8(13)10(15)9(14)7(5)12;2*1-4-10(2,3)9(12)14-7-5-6-13-8(7)11;3*1-5-8(3,4)7(13)14-6(2)9(10,11)12/h9-11,29-30H,5-8H2,1-4H3;7-10,12H,6H2,1-5H3;4H,3H2,1-2H3;2*7H,4-6H2,1-3H3;3*6H,5H2,1-4H3. The zero-order valence-electron chi connectivity index (χ0n) is 82.7. The molecule has 25 nitrogen and oxygen atoms in total. The predicted molar refractivity (Wildman–Crippen MR) is 442 cm³/mol. The Morgan fingerprint density at radius 3 is 0.942 bits per heavy atom. The molecule has 138 heavy (non-hydrogen) atoms. The van der Waals surface area contributed by atoms with Gasteiger partial charge in [-0.05, 0) is 215 Å². The first-order valence-electron chi connectivity index (χ1n) is 44.2. The molecule has 1 aromatic carbocycles. The number of ether oxygens (including phenoxy) is 13. The van der Waals surface area contributed by atoms with Gasteiger partial charge in [0.1, 0.15) is 12.2 Å². The van der Waals surface area contributed by atoms with E-state index in [9.17, 15) is 159 Å². The average Bonchev–Trinajstić information content (AvgIpc) is 1.51. The maximum absolute atomic E-state index is 13.3. The van der Waals surface area contributed by atoms with Gasteiger partial charge < -0.3 is 71.8 Å². The fourth-order valence-corrected chi connectivity index (χ4v) is 11.1. The van der Waals surface area contributed by atoms with Crippen LogP contribution in [-0.4, -0.2) is 204 Å². The van der Waals surface area contributed by atoms with Crippen molar-refractivity contribution < 1.29 is 221 Å². The highest BCUT2D eigenvalue weighted by atomic mass is 19.4. The van der Waals surface area contributed by atoms with Crippen LogP contribution in [0.4, 0.5) is 101 Å². The number of halogens is 23.